The van der Waals surface area contributed by atoms with Crippen LogP contribution in [0.3, 0.4) is 0 Å². The second-order valence-corrected chi connectivity index (χ2v) is 9.24. The van der Waals surface area contributed by atoms with Crippen molar-refractivity contribution >= 4 is 16.9 Å². The molecule has 1 saturated heterocycles. The van der Waals surface area contributed by atoms with Crippen LogP contribution in [0.4, 0.5) is 0 Å². The molecule has 0 radical (unpaired) electrons. The number of nitrogens with zero attached hydrogens (tertiary/aromatic N) is 4. The Bertz CT molecular complexity index is 1220. The van der Waals surface area contributed by atoms with E-state index in [1.54, 1.807) is 11.5 Å². The third-order valence-corrected chi connectivity index (χ3v) is 6.91. The summed E-state index contributed by atoms with van der Waals surface area (Å²) < 4.78 is 1.78. The number of rotatable bonds is 7. The van der Waals surface area contributed by atoms with Gasteiger partial charge < -0.3 is 14.8 Å². The molecular formula is C27H35N5O2. The van der Waals surface area contributed by atoms with Crippen molar-refractivity contribution in [1.82, 2.24) is 24.7 Å². The molecule has 7 nitrogen and oxygen atoms in total. The van der Waals surface area contributed by atoms with Crippen LogP contribution in [0, 0.1) is 20.8 Å². The Hall–Kier alpha value is -3.03. The molecule has 1 aliphatic heterocycles. The van der Waals surface area contributed by atoms with Crippen LogP contribution in [0.1, 0.15) is 39.7 Å². The van der Waals surface area contributed by atoms with Gasteiger partial charge in [-0.25, -0.2) is 4.98 Å². The molecule has 1 amide bonds. The highest BCUT2D eigenvalue weighted by molar-refractivity contribution is 5.94. The van der Waals surface area contributed by atoms with Gasteiger partial charge in [0.25, 0.3) is 11.5 Å². The first kappa shape index (κ1) is 24.1. The van der Waals surface area contributed by atoms with Crippen molar-refractivity contribution in [2.75, 3.05) is 45.8 Å². The second kappa shape index (κ2) is 10.5. The molecule has 0 atom stereocenters. The first-order valence-electron chi connectivity index (χ1n) is 12.2. The Kier molecular flexibility index (Phi) is 7.44. The smallest absolute Gasteiger partial charge is 0.272 e. The number of carbonyl (C=O) groups excluding carboxylic acids is 1. The standard InChI is InChI=1S/C27H35N5O2/c1-5-30-12-14-31(15-13-30)11-10-28-26(33)23-8-6-22(7-9-23)18-32-25-17-20(3)19(2)16-24(25)29-21(4)27(32)34/h6-9,16-17H,5,10-15,18H2,1-4H3,(H,28,33). The number of hydrogen-bond acceptors (Lipinski definition) is 5. The summed E-state index contributed by atoms with van der Waals surface area (Å²) in [4.78, 5) is 34.8. The summed E-state index contributed by atoms with van der Waals surface area (Å²) in [6.07, 6.45) is 0. The number of aromatic nitrogens is 2. The summed E-state index contributed by atoms with van der Waals surface area (Å²) >= 11 is 0. The molecule has 0 bridgehead atoms. The molecule has 1 fully saturated rings. The molecule has 0 saturated carbocycles. The van der Waals surface area contributed by atoms with Gasteiger partial charge in [0.05, 0.1) is 17.6 Å². The number of amides is 1. The lowest BCUT2D eigenvalue weighted by molar-refractivity contribution is 0.0938. The minimum absolute atomic E-state index is 0.0628. The lowest BCUT2D eigenvalue weighted by Crippen LogP contribution is -2.48. The van der Waals surface area contributed by atoms with Crippen molar-refractivity contribution in [3.8, 4) is 0 Å². The second-order valence-electron chi connectivity index (χ2n) is 9.24. The number of hydrogen-bond donors (Lipinski definition) is 1. The van der Waals surface area contributed by atoms with Gasteiger partial charge in [-0.1, -0.05) is 19.1 Å². The first-order chi connectivity index (χ1) is 16.4. The average Bonchev–Trinajstić information content (AvgIpc) is 2.84. The molecule has 1 aromatic heterocycles. The summed E-state index contributed by atoms with van der Waals surface area (Å²) in [5.74, 6) is -0.0628. The van der Waals surface area contributed by atoms with Crippen molar-refractivity contribution in [3.63, 3.8) is 0 Å². The van der Waals surface area contributed by atoms with Crippen LogP contribution in [0.5, 0.6) is 0 Å². The van der Waals surface area contributed by atoms with Crippen LogP contribution in [0.2, 0.25) is 0 Å². The van der Waals surface area contributed by atoms with Crippen LogP contribution < -0.4 is 10.9 Å². The summed E-state index contributed by atoms with van der Waals surface area (Å²) in [6, 6.07) is 11.6. The van der Waals surface area contributed by atoms with Gasteiger partial charge in [0.1, 0.15) is 5.69 Å². The number of benzene rings is 2. The maximum Gasteiger partial charge on any atom is 0.272 e. The minimum Gasteiger partial charge on any atom is -0.351 e. The number of nitrogens with one attached hydrogen (secondary N) is 1. The maximum absolute atomic E-state index is 12.9. The van der Waals surface area contributed by atoms with E-state index in [2.05, 4.69) is 33.9 Å². The SMILES string of the molecule is CCN1CCN(CCNC(=O)c2ccc(Cn3c(=O)c(C)nc4cc(C)c(C)cc43)cc2)CC1. The highest BCUT2D eigenvalue weighted by Gasteiger charge is 2.15. The summed E-state index contributed by atoms with van der Waals surface area (Å²) in [5.41, 5.74) is 5.95. The van der Waals surface area contributed by atoms with Crippen LogP contribution in [-0.2, 0) is 6.54 Å². The highest BCUT2D eigenvalue weighted by Crippen LogP contribution is 2.18. The summed E-state index contributed by atoms with van der Waals surface area (Å²) in [7, 11) is 0. The Balaban J connectivity index is 1.40. The molecule has 0 unspecified atom stereocenters. The van der Waals surface area contributed by atoms with Crippen LogP contribution in [-0.4, -0.2) is 71.1 Å². The quantitative estimate of drug-likeness (QED) is 0.586. The number of piperazine rings is 1. The predicted molar refractivity (Wildman–Crippen MR) is 137 cm³/mol. The van der Waals surface area contributed by atoms with Gasteiger partial charge in [-0.2, -0.15) is 0 Å². The highest BCUT2D eigenvalue weighted by atomic mass is 16.1. The van der Waals surface area contributed by atoms with Crippen LogP contribution >= 0.6 is 0 Å². The normalized spacial score (nSPS) is 15.1. The number of carbonyl (C=O) groups is 1. The van der Waals surface area contributed by atoms with Crippen molar-refractivity contribution < 1.29 is 4.79 Å². The molecular weight excluding hydrogens is 426 g/mol. The zero-order chi connectivity index (χ0) is 24.2. The zero-order valence-electron chi connectivity index (χ0n) is 20.7. The Morgan fingerprint density at radius 3 is 2.29 bits per heavy atom. The minimum atomic E-state index is -0.0858. The Labute approximate surface area is 201 Å². The van der Waals surface area contributed by atoms with E-state index < -0.39 is 0 Å². The fourth-order valence-corrected chi connectivity index (χ4v) is 4.48. The molecule has 1 aliphatic rings. The topological polar surface area (TPSA) is 70.5 Å². The number of likely N-dealkylation sites (N-methyl/N-ethyl adjacent to an activating group) is 1. The molecule has 180 valence electrons. The van der Waals surface area contributed by atoms with E-state index in [1.165, 1.54) is 0 Å². The molecule has 1 N–H and O–H groups in total. The Morgan fingerprint density at radius 2 is 1.62 bits per heavy atom. The fourth-order valence-electron chi connectivity index (χ4n) is 4.48. The van der Waals surface area contributed by atoms with Crippen molar-refractivity contribution in [2.24, 2.45) is 0 Å². The third-order valence-electron chi connectivity index (χ3n) is 6.91. The van der Waals surface area contributed by atoms with Crippen LogP contribution in [0.25, 0.3) is 11.0 Å². The van der Waals surface area contributed by atoms with E-state index in [1.807, 2.05) is 43.3 Å². The molecule has 0 aliphatic carbocycles. The lowest BCUT2D eigenvalue weighted by Gasteiger charge is -2.33. The molecule has 7 heteroatoms. The van der Waals surface area contributed by atoms with E-state index in [9.17, 15) is 9.59 Å². The van der Waals surface area contributed by atoms with E-state index in [0.29, 0.717) is 24.3 Å². The van der Waals surface area contributed by atoms with Gasteiger partial charge in [-0.15, -0.1) is 0 Å². The van der Waals surface area contributed by atoms with Gasteiger partial charge >= 0.3 is 0 Å². The monoisotopic (exact) mass is 461 g/mol. The van der Waals surface area contributed by atoms with Gasteiger partial charge in [-0.3, -0.25) is 14.5 Å². The van der Waals surface area contributed by atoms with Gasteiger partial charge in [-0.05, 0) is 68.3 Å². The van der Waals surface area contributed by atoms with Crippen LogP contribution in [0.15, 0.2) is 41.2 Å². The van der Waals surface area contributed by atoms with Crippen molar-refractivity contribution in [2.45, 2.75) is 34.2 Å². The van der Waals surface area contributed by atoms with Gasteiger partial charge in [0, 0.05) is 44.8 Å². The van der Waals surface area contributed by atoms with E-state index >= 15 is 0 Å². The number of fused-ring (bicyclic) bond motifs is 1. The van der Waals surface area contributed by atoms with Gasteiger partial charge in [0.15, 0.2) is 0 Å². The molecule has 3 aromatic rings. The summed E-state index contributed by atoms with van der Waals surface area (Å²) in [5, 5.41) is 3.04. The largest absolute Gasteiger partial charge is 0.351 e. The predicted octanol–water partition coefficient (Wildman–Crippen LogP) is 2.74. The molecule has 2 heterocycles. The lowest BCUT2D eigenvalue weighted by atomic mass is 10.1. The molecule has 2 aromatic carbocycles. The summed E-state index contributed by atoms with van der Waals surface area (Å²) in [6.45, 7) is 15.4. The Morgan fingerprint density at radius 1 is 0.971 bits per heavy atom. The fraction of sp³-hybridized carbons (Fsp3) is 0.444. The van der Waals surface area contributed by atoms with Gasteiger partial charge in [0.2, 0.25) is 0 Å². The molecule has 34 heavy (non-hydrogen) atoms. The molecule has 0 spiro atoms. The van der Waals surface area contributed by atoms with Crippen molar-refractivity contribution in [3.05, 3.63) is 74.7 Å². The average molecular weight is 462 g/mol. The van der Waals surface area contributed by atoms with E-state index in [4.69, 9.17) is 0 Å². The van der Waals surface area contributed by atoms with E-state index in [-0.39, 0.29) is 11.5 Å². The first-order valence-corrected chi connectivity index (χ1v) is 12.2. The molecule has 4 rings (SSSR count). The van der Waals surface area contributed by atoms with E-state index in [0.717, 1.165) is 67.0 Å². The number of aryl methyl sites for hydroxylation is 3. The zero-order valence-corrected chi connectivity index (χ0v) is 20.7. The van der Waals surface area contributed by atoms with Crippen molar-refractivity contribution in [1.29, 1.82) is 0 Å². The maximum atomic E-state index is 12.9. The third kappa shape index (κ3) is 5.37.